The lowest BCUT2D eigenvalue weighted by Crippen LogP contribution is -2.11. The van der Waals surface area contributed by atoms with Gasteiger partial charge in [-0.15, -0.1) is 0 Å². The van der Waals surface area contributed by atoms with Gasteiger partial charge in [0.25, 0.3) is 0 Å². The SMILES string of the molecule is COc1cc(C=O)cc(NC(C)=O)c1OC(C)=O. The van der Waals surface area contributed by atoms with E-state index < -0.39 is 5.97 Å². The Bertz CT molecular complexity index is 495. The van der Waals surface area contributed by atoms with Crippen LogP contribution in [0.15, 0.2) is 12.1 Å². The second-order valence-corrected chi connectivity index (χ2v) is 3.49. The number of hydrogen-bond acceptors (Lipinski definition) is 5. The van der Waals surface area contributed by atoms with Gasteiger partial charge in [0.2, 0.25) is 5.91 Å². The summed E-state index contributed by atoms with van der Waals surface area (Å²) in [6, 6.07) is 2.81. The van der Waals surface area contributed by atoms with E-state index in [1.807, 2.05) is 0 Å². The van der Waals surface area contributed by atoms with Gasteiger partial charge in [-0.3, -0.25) is 14.4 Å². The lowest BCUT2D eigenvalue weighted by atomic mass is 10.2. The number of anilines is 1. The van der Waals surface area contributed by atoms with E-state index in [9.17, 15) is 14.4 Å². The van der Waals surface area contributed by atoms with Crippen LogP contribution in [0, 0.1) is 0 Å². The van der Waals surface area contributed by atoms with Gasteiger partial charge in [0, 0.05) is 19.4 Å². The third kappa shape index (κ3) is 3.31. The van der Waals surface area contributed by atoms with E-state index in [0.29, 0.717) is 11.8 Å². The minimum atomic E-state index is -0.557. The van der Waals surface area contributed by atoms with Crippen molar-refractivity contribution in [3.8, 4) is 11.5 Å². The number of nitrogens with one attached hydrogen (secondary N) is 1. The van der Waals surface area contributed by atoms with Crippen LogP contribution in [0.3, 0.4) is 0 Å². The Hall–Kier alpha value is -2.37. The third-order valence-electron chi connectivity index (χ3n) is 1.99. The minimum Gasteiger partial charge on any atom is -0.493 e. The number of benzene rings is 1. The fourth-order valence-electron chi connectivity index (χ4n) is 1.37. The number of amides is 1. The van der Waals surface area contributed by atoms with Crippen LogP contribution in [0.1, 0.15) is 24.2 Å². The van der Waals surface area contributed by atoms with Gasteiger partial charge in [0.15, 0.2) is 11.5 Å². The first-order chi connectivity index (χ1) is 8.47. The van der Waals surface area contributed by atoms with Gasteiger partial charge in [-0.1, -0.05) is 0 Å². The fraction of sp³-hybridized carbons (Fsp3) is 0.250. The van der Waals surface area contributed by atoms with Gasteiger partial charge >= 0.3 is 5.97 Å². The van der Waals surface area contributed by atoms with Crippen LogP contribution >= 0.6 is 0 Å². The Labute approximate surface area is 104 Å². The average molecular weight is 251 g/mol. The van der Waals surface area contributed by atoms with E-state index in [-0.39, 0.29) is 23.1 Å². The zero-order valence-corrected chi connectivity index (χ0v) is 10.3. The van der Waals surface area contributed by atoms with Crippen LogP contribution in [0.2, 0.25) is 0 Å². The van der Waals surface area contributed by atoms with Gasteiger partial charge < -0.3 is 14.8 Å². The number of methoxy groups -OCH3 is 1. The number of esters is 1. The smallest absolute Gasteiger partial charge is 0.308 e. The van der Waals surface area contributed by atoms with Gasteiger partial charge in [-0.05, 0) is 12.1 Å². The quantitative estimate of drug-likeness (QED) is 0.497. The molecule has 6 heteroatoms. The Morgan fingerprint density at radius 3 is 2.39 bits per heavy atom. The monoisotopic (exact) mass is 251 g/mol. The molecule has 0 aliphatic rings. The van der Waals surface area contributed by atoms with E-state index in [0.717, 1.165) is 0 Å². The summed E-state index contributed by atoms with van der Waals surface area (Å²) < 4.78 is 10.00. The molecule has 1 rings (SSSR count). The summed E-state index contributed by atoms with van der Waals surface area (Å²) in [4.78, 5) is 32.9. The maximum Gasteiger partial charge on any atom is 0.308 e. The van der Waals surface area contributed by atoms with Crippen molar-refractivity contribution < 1.29 is 23.9 Å². The van der Waals surface area contributed by atoms with Crippen LogP contribution in [0.4, 0.5) is 5.69 Å². The standard InChI is InChI=1S/C12H13NO5/c1-7(15)13-10-4-9(6-14)5-11(17-3)12(10)18-8(2)16/h4-6H,1-3H3,(H,13,15). The van der Waals surface area contributed by atoms with Crippen LogP contribution < -0.4 is 14.8 Å². The first-order valence-electron chi connectivity index (χ1n) is 5.11. The van der Waals surface area contributed by atoms with E-state index in [1.54, 1.807) is 0 Å². The van der Waals surface area contributed by atoms with Crippen molar-refractivity contribution in [2.45, 2.75) is 13.8 Å². The lowest BCUT2D eigenvalue weighted by molar-refractivity contribution is -0.132. The van der Waals surface area contributed by atoms with Crippen molar-refractivity contribution in [3.05, 3.63) is 17.7 Å². The number of aldehydes is 1. The molecule has 0 atom stereocenters. The normalized spacial score (nSPS) is 9.50. The first kappa shape index (κ1) is 13.7. The summed E-state index contributed by atoms with van der Waals surface area (Å²) in [5.74, 6) is -0.642. The molecule has 1 aromatic carbocycles. The molecule has 1 aromatic rings. The minimum absolute atomic E-state index is 0.0748. The highest BCUT2D eigenvalue weighted by molar-refractivity contribution is 5.94. The first-order valence-corrected chi connectivity index (χ1v) is 5.11. The molecule has 1 N–H and O–H groups in total. The van der Waals surface area contributed by atoms with Crippen molar-refractivity contribution in [2.24, 2.45) is 0 Å². The Balaban J connectivity index is 3.35. The molecule has 0 saturated heterocycles. The molecule has 0 fully saturated rings. The molecule has 0 bridgehead atoms. The second-order valence-electron chi connectivity index (χ2n) is 3.49. The molecule has 0 spiro atoms. The molecule has 18 heavy (non-hydrogen) atoms. The predicted octanol–water partition coefficient (Wildman–Crippen LogP) is 1.39. The summed E-state index contributed by atoms with van der Waals surface area (Å²) >= 11 is 0. The number of rotatable bonds is 4. The van der Waals surface area contributed by atoms with Crippen molar-refractivity contribution in [3.63, 3.8) is 0 Å². The maximum absolute atomic E-state index is 11.1. The maximum atomic E-state index is 11.1. The van der Waals surface area contributed by atoms with Gasteiger partial charge in [-0.2, -0.15) is 0 Å². The van der Waals surface area contributed by atoms with E-state index >= 15 is 0 Å². The molecule has 96 valence electrons. The zero-order chi connectivity index (χ0) is 13.7. The van der Waals surface area contributed by atoms with E-state index in [4.69, 9.17) is 9.47 Å². The van der Waals surface area contributed by atoms with Crippen molar-refractivity contribution in [1.82, 2.24) is 0 Å². The van der Waals surface area contributed by atoms with Crippen molar-refractivity contribution in [2.75, 3.05) is 12.4 Å². The Kier molecular flexibility index (Phi) is 4.42. The number of hydrogen-bond donors (Lipinski definition) is 1. The van der Waals surface area contributed by atoms with E-state index in [1.165, 1.54) is 33.1 Å². The van der Waals surface area contributed by atoms with Crippen LogP contribution in [0.5, 0.6) is 11.5 Å². The Morgan fingerprint density at radius 2 is 1.94 bits per heavy atom. The highest BCUT2D eigenvalue weighted by atomic mass is 16.6. The van der Waals surface area contributed by atoms with Gasteiger partial charge in [0.05, 0.1) is 12.8 Å². The molecule has 0 aliphatic carbocycles. The highest BCUT2D eigenvalue weighted by Crippen LogP contribution is 2.36. The summed E-state index contributed by atoms with van der Waals surface area (Å²) in [5, 5.41) is 2.47. The molecule has 0 aliphatic heterocycles. The van der Waals surface area contributed by atoms with Crippen LogP contribution in [-0.4, -0.2) is 25.3 Å². The Morgan fingerprint density at radius 1 is 1.28 bits per heavy atom. The molecule has 1 amide bonds. The summed E-state index contributed by atoms with van der Waals surface area (Å²) in [7, 11) is 1.37. The van der Waals surface area contributed by atoms with Crippen molar-refractivity contribution >= 4 is 23.9 Å². The molecule has 0 unspecified atom stereocenters. The van der Waals surface area contributed by atoms with Gasteiger partial charge in [0.1, 0.15) is 6.29 Å². The number of carbonyl (C=O) groups excluding carboxylic acids is 3. The van der Waals surface area contributed by atoms with Crippen molar-refractivity contribution in [1.29, 1.82) is 0 Å². The van der Waals surface area contributed by atoms with E-state index in [2.05, 4.69) is 5.32 Å². The highest BCUT2D eigenvalue weighted by Gasteiger charge is 2.16. The largest absolute Gasteiger partial charge is 0.493 e. The molecular formula is C12H13NO5. The van der Waals surface area contributed by atoms with Crippen LogP contribution in [-0.2, 0) is 9.59 Å². The zero-order valence-electron chi connectivity index (χ0n) is 10.3. The summed E-state index contributed by atoms with van der Waals surface area (Å²) in [6.45, 7) is 2.53. The summed E-state index contributed by atoms with van der Waals surface area (Å²) in [6.07, 6.45) is 0.603. The summed E-state index contributed by atoms with van der Waals surface area (Å²) in [5.41, 5.74) is 0.505. The lowest BCUT2D eigenvalue weighted by Gasteiger charge is -2.14. The topological polar surface area (TPSA) is 81.7 Å². The molecular weight excluding hydrogens is 238 g/mol. The predicted molar refractivity (Wildman–Crippen MR) is 64.0 cm³/mol. The second kappa shape index (κ2) is 5.81. The fourth-order valence-corrected chi connectivity index (χ4v) is 1.37. The molecule has 0 radical (unpaired) electrons. The average Bonchev–Trinajstić information content (AvgIpc) is 2.29. The molecule has 0 saturated carbocycles. The molecule has 6 nitrogen and oxygen atoms in total. The van der Waals surface area contributed by atoms with Gasteiger partial charge in [-0.25, -0.2) is 0 Å². The third-order valence-corrected chi connectivity index (χ3v) is 1.99. The van der Waals surface area contributed by atoms with Crippen LogP contribution in [0.25, 0.3) is 0 Å². The molecule has 0 heterocycles. The molecule has 0 aromatic heterocycles. The number of carbonyl (C=O) groups is 3. The number of ether oxygens (including phenoxy) is 2.